The Bertz CT molecular complexity index is 730. The van der Waals surface area contributed by atoms with E-state index in [9.17, 15) is 29.8 Å². The molecule has 0 heterocycles. The number of nitrogens with zero attached hydrogens (tertiary/aromatic N) is 2. The van der Waals surface area contributed by atoms with Crippen LogP contribution in [-0.4, -0.2) is 20.3 Å². The van der Waals surface area contributed by atoms with Crippen LogP contribution in [0.5, 0.6) is 0 Å². The zero-order valence-electron chi connectivity index (χ0n) is 11.7. The van der Waals surface area contributed by atoms with Crippen molar-refractivity contribution < 1.29 is 19.4 Å². The van der Waals surface area contributed by atoms with Gasteiger partial charge >= 0.3 is 0 Å². The highest BCUT2D eigenvalue weighted by Gasteiger charge is 2.08. The molecule has 0 spiro atoms. The Hall–Kier alpha value is -2.84. The van der Waals surface area contributed by atoms with Gasteiger partial charge in [0.1, 0.15) is 0 Å². The number of carbonyl (C=O) groups is 2. The van der Waals surface area contributed by atoms with E-state index in [0.717, 1.165) is 6.07 Å². The minimum absolute atomic E-state index is 0.0586. The van der Waals surface area contributed by atoms with Crippen molar-refractivity contribution in [1.82, 2.24) is 0 Å². The van der Waals surface area contributed by atoms with Gasteiger partial charge in [-0.25, -0.2) is 0 Å². The molecule has 0 aromatic heterocycles. The molecule has 24 heavy (non-hydrogen) atoms. The normalized spacial score (nSPS) is 9.42. The SMILES string of the molecule is O=C(Cl)c1ccc([N+](=O)[O-])cc1.O=C(Cl)c1cccc([N+](=O)[O-])c1. The molecule has 0 N–H and O–H groups in total. The summed E-state index contributed by atoms with van der Waals surface area (Å²) in [7, 11) is 0. The molecule has 0 bridgehead atoms. The summed E-state index contributed by atoms with van der Waals surface area (Å²) in [4.78, 5) is 40.4. The lowest BCUT2D eigenvalue weighted by atomic mass is 10.2. The number of hydrogen-bond donors (Lipinski definition) is 0. The number of carbonyl (C=O) groups excluding carboxylic acids is 2. The van der Waals surface area contributed by atoms with Crippen LogP contribution in [0, 0.1) is 20.2 Å². The molecular weight excluding hydrogens is 363 g/mol. The minimum atomic E-state index is -0.696. The van der Waals surface area contributed by atoms with Crippen molar-refractivity contribution in [1.29, 1.82) is 0 Å². The second-order valence-corrected chi connectivity index (χ2v) is 4.85. The lowest BCUT2D eigenvalue weighted by molar-refractivity contribution is -0.385. The van der Waals surface area contributed by atoms with Crippen molar-refractivity contribution in [2.75, 3.05) is 0 Å². The third-order valence-corrected chi connectivity index (χ3v) is 3.03. The molecule has 0 radical (unpaired) electrons. The van der Waals surface area contributed by atoms with Crippen LogP contribution < -0.4 is 0 Å². The van der Waals surface area contributed by atoms with Gasteiger partial charge in [0.15, 0.2) is 0 Å². The van der Waals surface area contributed by atoms with E-state index in [1.807, 2.05) is 0 Å². The number of nitro groups is 2. The molecule has 2 aromatic carbocycles. The lowest BCUT2D eigenvalue weighted by Crippen LogP contribution is -1.92. The zero-order valence-corrected chi connectivity index (χ0v) is 13.2. The molecule has 0 atom stereocenters. The Balaban J connectivity index is 0.000000240. The predicted molar refractivity (Wildman–Crippen MR) is 86.6 cm³/mol. The third kappa shape index (κ3) is 5.75. The Morgan fingerprint density at radius 1 is 0.750 bits per heavy atom. The Morgan fingerprint density at radius 3 is 1.67 bits per heavy atom. The van der Waals surface area contributed by atoms with Gasteiger partial charge in [0, 0.05) is 35.4 Å². The standard InChI is InChI=1S/2C7H4ClNO3/c8-7(10)5-1-3-6(4-2-5)9(11)12;8-7(10)5-2-1-3-6(4-5)9(11)12/h2*1-4H. The van der Waals surface area contributed by atoms with Gasteiger partial charge in [-0.1, -0.05) is 6.07 Å². The lowest BCUT2D eigenvalue weighted by Gasteiger charge is -1.92. The highest BCUT2D eigenvalue weighted by molar-refractivity contribution is 6.68. The van der Waals surface area contributed by atoms with Crippen molar-refractivity contribution >= 4 is 45.1 Å². The fraction of sp³-hybridized carbons (Fsp3) is 0. The number of nitro benzene ring substituents is 2. The molecule has 0 aliphatic carbocycles. The van der Waals surface area contributed by atoms with Gasteiger partial charge in [-0.3, -0.25) is 29.8 Å². The quantitative estimate of drug-likeness (QED) is 0.456. The molecule has 10 heteroatoms. The van der Waals surface area contributed by atoms with Gasteiger partial charge in [-0.05, 0) is 41.4 Å². The first-order chi connectivity index (χ1) is 11.2. The first-order valence-corrected chi connectivity index (χ1v) is 6.86. The Kier molecular flexibility index (Phi) is 6.97. The van der Waals surface area contributed by atoms with Crippen molar-refractivity contribution in [3.63, 3.8) is 0 Å². The number of benzene rings is 2. The monoisotopic (exact) mass is 370 g/mol. The van der Waals surface area contributed by atoms with E-state index in [4.69, 9.17) is 23.2 Å². The van der Waals surface area contributed by atoms with E-state index >= 15 is 0 Å². The van der Waals surface area contributed by atoms with Crippen LogP contribution in [0.1, 0.15) is 20.7 Å². The maximum atomic E-state index is 10.6. The molecular formula is C14H8Cl2N2O6. The van der Waals surface area contributed by atoms with Crippen LogP contribution in [-0.2, 0) is 0 Å². The summed E-state index contributed by atoms with van der Waals surface area (Å²) in [6.07, 6.45) is 0. The summed E-state index contributed by atoms with van der Waals surface area (Å²) in [6.45, 7) is 0. The van der Waals surface area contributed by atoms with Crippen molar-refractivity contribution in [2.45, 2.75) is 0 Å². The first kappa shape index (κ1) is 19.2. The van der Waals surface area contributed by atoms with Crippen LogP contribution >= 0.6 is 23.2 Å². The molecule has 0 fully saturated rings. The molecule has 124 valence electrons. The van der Waals surface area contributed by atoms with Crippen molar-refractivity contribution in [3.8, 4) is 0 Å². The van der Waals surface area contributed by atoms with Crippen LogP contribution in [0.2, 0.25) is 0 Å². The van der Waals surface area contributed by atoms with E-state index < -0.39 is 20.3 Å². The molecule has 0 amide bonds. The van der Waals surface area contributed by atoms with Crippen LogP contribution in [0.3, 0.4) is 0 Å². The molecule has 0 saturated carbocycles. The second kappa shape index (κ2) is 8.70. The molecule has 0 aliphatic heterocycles. The summed E-state index contributed by atoms with van der Waals surface area (Å²) in [5.41, 5.74) is 0.186. The van der Waals surface area contributed by atoms with Gasteiger partial charge in [-0.15, -0.1) is 0 Å². The Morgan fingerprint density at radius 2 is 1.25 bits per heavy atom. The maximum absolute atomic E-state index is 10.6. The number of hydrogen-bond acceptors (Lipinski definition) is 6. The Labute approximate surface area is 144 Å². The average Bonchev–Trinajstić information content (AvgIpc) is 2.55. The van der Waals surface area contributed by atoms with Crippen molar-refractivity contribution in [3.05, 3.63) is 79.9 Å². The van der Waals surface area contributed by atoms with E-state index in [0.29, 0.717) is 0 Å². The molecule has 2 aromatic rings. The maximum Gasteiger partial charge on any atom is 0.270 e. The van der Waals surface area contributed by atoms with Gasteiger partial charge in [-0.2, -0.15) is 0 Å². The molecule has 8 nitrogen and oxygen atoms in total. The van der Waals surface area contributed by atoms with Gasteiger partial charge < -0.3 is 0 Å². The molecule has 0 saturated heterocycles. The van der Waals surface area contributed by atoms with Gasteiger partial charge in [0.05, 0.1) is 9.85 Å². The van der Waals surface area contributed by atoms with Crippen LogP contribution in [0.4, 0.5) is 11.4 Å². The predicted octanol–water partition coefficient (Wildman–Crippen LogP) is 3.95. The third-order valence-electron chi connectivity index (χ3n) is 2.59. The summed E-state index contributed by atoms with van der Waals surface area (Å²) in [5.74, 6) is 0. The molecule has 2 rings (SSSR count). The highest BCUT2D eigenvalue weighted by Crippen LogP contribution is 2.14. The van der Waals surface area contributed by atoms with Crippen LogP contribution in [0.15, 0.2) is 48.5 Å². The zero-order chi connectivity index (χ0) is 18.3. The summed E-state index contributed by atoms with van der Waals surface area (Å²) in [6, 6.07) is 10.3. The summed E-state index contributed by atoms with van der Waals surface area (Å²) < 4.78 is 0. The molecule has 0 unspecified atom stereocenters. The van der Waals surface area contributed by atoms with E-state index in [-0.39, 0.29) is 22.5 Å². The smallest absolute Gasteiger partial charge is 0.270 e. The average molecular weight is 371 g/mol. The second-order valence-electron chi connectivity index (χ2n) is 4.16. The molecule has 0 aliphatic rings. The number of non-ortho nitro benzene ring substituents is 2. The fourth-order valence-electron chi connectivity index (χ4n) is 1.46. The summed E-state index contributed by atoms with van der Waals surface area (Å²) in [5, 5.41) is 19.1. The van der Waals surface area contributed by atoms with Crippen LogP contribution in [0.25, 0.3) is 0 Å². The fourth-order valence-corrected chi connectivity index (χ4v) is 1.70. The van der Waals surface area contributed by atoms with E-state index in [1.165, 1.54) is 42.5 Å². The van der Waals surface area contributed by atoms with Gasteiger partial charge in [0.2, 0.25) is 0 Å². The summed E-state index contributed by atoms with van der Waals surface area (Å²) >= 11 is 10.2. The number of halogens is 2. The highest BCUT2D eigenvalue weighted by atomic mass is 35.5. The van der Waals surface area contributed by atoms with E-state index in [2.05, 4.69) is 0 Å². The number of rotatable bonds is 4. The minimum Gasteiger partial charge on any atom is -0.276 e. The topological polar surface area (TPSA) is 120 Å². The van der Waals surface area contributed by atoms with E-state index in [1.54, 1.807) is 0 Å². The van der Waals surface area contributed by atoms with Gasteiger partial charge in [0.25, 0.3) is 21.9 Å². The largest absolute Gasteiger partial charge is 0.276 e. The van der Waals surface area contributed by atoms with Crippen molar-refractivity contribution in [2.24, 2.45) is 0 Å². The first-order valence-electron chi connectivity index (χ1n) is 6.11.